The maximum atomic E-state index is 16.1. The second kappa shape index (κ2) is 31.4. The van der Waals surface area contributed by atoms with E-state index in [1.807, 2.05) is 34.6 Å². The highest BCUT2D eigenvalue weighted by molar-refractivity contribution is 5.96. The number of carboxylic acid groups (broad SMARTS) is 1. The van der Waals surface area contributed by atoms with Gasteiger partial charge in [-0.2, -0.15) is 0 Å². The fourth-order valence-corrected chi connectivity index (χ4v) is 20.1. The van der Waals surface area contributed by atoms with Crippen molar-refractivity contribution in [3.05, 3.63) is 11.6 Å². The fraction of sp³-hybridized carbons (Fsp3) is 0.914. The van der Waals surface area contributed by atoms with E-state index in [0.717, 1.165) is 0 Å². The number of aliphatic hydroxyl groups excluding tert-OH is 19. The minimum atomic E-state index is -2.28. The van der Waals surface area contributed by atoms with Crippen molar-refractivity contribution in [1.82, 2.24) is 0 Å². The lowest BCUT2D eigenvalue weighted by Crippen LogP contribution is -2.70. The molecule has 5 aliphatic carbocycles. The monoisotopic (exact) mass is 1560 g/mol. The molecule has 0 aromatic heterocycles. The summed E-state index contributed by atoms with van der Waals surface area (Å²) in [6.45, 7) is 11.0. The van der Waals surface area contributed by atoms with Gasteiger partial charge in [-0.15, -0.1) is 0 Å². The number of hydrogen-bond acceptors (Lipinski definition) is 37. The molecule has 0 aromatic rings. The molecule has 0 spiro atoms. The molecule has 12 aliphatic rings. The third-order valence-electron chi connectivity index (χ3n) is 26.6. The quantitative estimate of drug-likeness (QED) is 0.0344. The minimum Gasteiger partial charge on any atom is -0.479 e. The number of esters is 1. The predicted octanol–water partition coefficient (Wildman–Crippen LogP) is -7.81. The molecule has 0 radical (unpaired) electrons. The zero-order valence-corrected chi connectivity index (χ0v) is 60.9. The molecule has 43 atom stereocenters. The number of carbonyl (C=O) groups is 4. The van der Waals surface area contributed by atoms with Gasteiger partial charge in [0.1, 0.15) is 146 Å². The molecule has 12 rings (SSSR count). The van der Waals surface area contributed by atoms with E-state index < -0.39 is 304 Å². The number of hydrogen-bond donors (Lipinski definition) is 20. The summed E-state index contributed by atoms with van der Waals surface area (Å²) in [7, 11) is 0. The number of aldehydes is 1. The van der Waals surface area contributed by atoms with Crippen LogP contribution in [-0.4, -0.2) is 368 Å². The van der Waals surface area contributed by atoms with Crippen molar-refractivity contribution in [3.8, 4) is 0 Å². The number of ether oxygens (including phenoxy) is 14. The molecule has 7 aliphatic heterocycles. The fourth-order valence-electron chi connectivity index (χ4n) is 20.1. The standard InChI is InChI=1S/C70H108O38/c1-23-35(78)50(104-60-45(88)40(83)38(81)30(18-71)99-60)53(106-59-47(90)42(85)49(24(2)98-59)102-57-43(86)36(79)28(75)20-95-57)62(97-23)108-64(94)70-14-13-65(3,4)16-26(70)25-15-27(74)55-66(5)11-10-34(67(6,22-73)32(66)9-12-68(55,7)69(25,8)17-33(70)77)101-63-54(107-61-46(89)41(84)39(82)31(19-72)100-61)51(48(91)52(105-63)56(92)93)103-58-44(87)37(80)29(76)21-96-58/h15,22-24,26,28-55,57-63,71-72,75-91H,9-14,16-21H2,1-8H3,(H,92,93)/t23-,24+,26+,28-,29-,30-,31-,32-,33-,34+,35+,36+,37+,38-,39+,40+,41+,42+,43-,44-,45-,46-,47-,48+,49+,50+,51+,52+,53-,54-,55-,57+,58+,59+,60+,61+,62+,63-,66+,67+,68-,69-,70-/m1/s1. The van der Waals surface area contributed by atoms with Gasteiger partial charge in [0, 0.05) is 5.92 Å². The summed E-state index contributed by atoms with van der Waals surface area (Å²) in [5.41, 5.74) is -6.99. The van der Waals surface area contributed by atoms with Crippen LogP contribution in [0, 0.1) is 50.2 Å². The van der Waals surface area contributed by atoms with E-state index in [-0.39, 0.29) is 50.7 Å². The van der Waals surface area contributed by atoms with Gasteiger partial charge in [-0.05, 0) is 105 Å². The highest BCUT2D eigenvalue weighted by Crippen LogP contribution is 2.75. The van der Waals surface area contributed by atoms with Crippen molar-refractivity contribution in [2.45, 2.75) is 322 Å². The Hall–Kier alpha value is -3.26. The van der Waals surface area contributed by atoms with Gasteiger partial charge in [-0.1, -0.05) is 47.1 Å². The molecule has 7 heterocycles. The number of fused-ring (bicyclic) bond motifs is 7. The van der Waals surface area contributed by atoms with Crippen molar-refractivity contribution in [2.24, 2.45) is 50.2 Å². The Morgan fingerprint density at radius 3 is 1.54 bits per heavy atom. The highest BCUT2D eigenvalue weighted by atomic mass is 16.8. The Labute approximate surface area is 619 Å². The average molecular weight is 1560 g/mol. The molecule has 4 saturated carbocycles. The SMILES string of the molecule is C[C@@H]1O[C@@H](O[C@H]2[C@H](OC(=O)[C@]34CCC(C)(C)C[C@H]3C3=CC(=O)[C@@H]5[C@@]6(C)CC[C@H](O[C@@H]7O[C@H](C(=O)O)[C@@H](O)[C@H](O[C@@H]8OC[C@@H](O)[C@H](O)[C@H]8O)[C@H]7O[C@@H]7O[C@H](CO)[C@H](O)[C@H](O)[C@H]7O)[C@@](C)(C=O)[C@@H]6CC[C@@]5(C)[C@]3(C)C[C@H]4O)O[C@H](C)[C@H](O)[C@@H]2O[C@@H]2O[C@H](CO)[C@@H](O)[C@H](O)[C@H]2O)[C@H](O)[C@H](O)[C@H]1O[C@@H]1OC[C@@H](O)[C@H](O)[C@H]1O. The molecule has 11 fully saturated rings. The van der Waals surface area contributed by atoms with Crippen LogP contribution in [-0.2, 0) is 85.5 Å². The summed E-state index contributed by atoms with van der Waals surface area (Å²) >= 11 is 0. The first kappa shape index (κ1) is 84.1. The molecule has 0 bridgehead atoms. The Morgan fingerprint density at radius 2 is 0.991 bits per heavy atom. The molecule has 0 amide bonds. The van der Waals surface area contributed by atoms with Gasteiger partial charge in [0.05, 0.1) is 56.3 Å². The molecule has 0 unspecified atom stereocenters. The van der Waals surface area contributed by atoms with Crippen LogP contribution in [0.5, 0.6) is 0 Å². The lowest BCUT2D eigenvalue weighted by molar-refractivity contribution is -0.391. The first-order valence-corrected chi connectivity index (χ1v) is 37.0. The molecular formula is C70H108O38. The zero-order chi connectivity index (χ0) is 79.0. The van der Waals surface area contributed by atoms with Crippen LogP contribution in [0.2, 0.25) is 0 Å². The molecule has 7 saturated heterocycles. The summed E-state index contributed by atoms with van der Waals surface area (Å²) in [4.78, 5) is 59.4. The maximum Gasteiger partial charge on any atom is 0.335 e. The van der Waals surface area contributed by atoms with Crippen LogP contribution >= 0.6 is 0 Å². The van der Waals surface area contributed by atoms with E-state index in [1.165, 1.54) is 19.9 Å². The summed E-state index contributed by atoms with van der Waals surface area (Å²) < 4.78 is 84.4. The Balaban J connectivity index is 0.848. The number of ketones is 1. The number of aliphatic carboxylic acids is 1. The molecule has 616 valence electrons. The summed E-state index contributed by atoms with van der Waals surface area (Å²) in [6.07, 6.45) is -62.4. The van der Waals surface area contributed by atoms with Gasteiger partial charge in [0.25, 0.3) is 0 Å². The molecule has 108 heavy (non-hydrogen) atoms. The van der Waals surface area contributed by atoms with Crippen LogP contribution in [0.3, 0.4) is 0 Å². The smallest absolute Gasteiger partial charge is 0.335 e. The topological polar surface area (TPSA) is 602 Å². The van der Waals surface area contributed by atoms with Gasteiger partial charge in [0.15, 0.2) is 55.7 Å². The summed E-state index contributed by atoms with van der Waals surface area (Å²) in [5.74, 6) is -5.95. The number of allylic oxidation sites excluding steroid dienone is 2. The van der Waals surface area contributed by atoms with Crippen LogP contribution < -0.4 is 0 Å². The molecule has 0 aromatic carbocycles. The third-order valence-corrected chi connectivity index (χ3v) is 26.6. The van der Waals surface area contributed by atoms with E-state index >= 15 is 9.59 Å². The van der Waals surface area contributed by atoms with Gasteiger partial charge >= 0.3 is 11.9 Å². The van der Waals surface area contributed by atoms with E-state index in [4.69, 9.17) is 66.3 Å². The molecular weight excluding hydrogens is 1450 g/mol. The van der Waals surface area contributed by atoms with Crippen LogP contribution in [0.15, 0.2) is 11.6 Å². The molecule has 20 N–H and O–H groups in total. The third kappa shape index (κ3) is 14.2. The minimum absolute atomic E-state index is 0.0564. The normalized spacial score (nSPS) is 54.6. The van der Waals surface area contributed by atoms with Crippen LogP contribution in [0.1, 0.15) is 107 Å². The summed E-state index contributed by atoms with van der Waals surface area (Å²) in [6, 6.07) is 0. The Kier molecular flexibility index (Phi) is 24.5. The van der Waals surface area contributed by atoms with E-state index in [9.17, 15) is 112 Å². The Morgan fingerprint density at radius 1 is 0.500 bits per heavy atom. The largest absolute Gasteiger partial charge is 0.479 e. The van der Waals surface area contributed by atoms with E-state index in [1.54, 1.807) is 6.92 Å². The van der Waals surface area contributed by atoms with Crippen LogP contribution in [0.4, 0.5) is 0 Å². The first-order chi connectivity index (χ1) is 50.6. The molecule has 38 heteroatoms. The lowest BCUT2D eigenvalue weighted by atomic mass is 9.33. The lowest BCUT2D eigenvalue weighted by Gasteiger charge is -2.70. The van der Waals surface area contributed by atoms with Crippen LogP contribution in [0.25, 0.3) is 0 Å². The Bertz CT molecular complexity index is 3220. The molecule has 38 nitrogen and oxygen atoms in total. The first-order valence-electron chi connectivity index (χ1n) is 37.0. The van der Waals surface area contributed by atoms with Crippen molar-refractivity contribution in [3.63, 3.8) is 0 Å². The van der Waals surface area contributed by atoms with Gasteiger partial charge in [0.2, 0.25) is 6.29 Å². The van der Waals surface area contributed by atoms with Crippen molar-refractivity contribution >= 4 is 24.0 Å². The highest BCUT2D eigenvalue weighted by Gasteiger charge is 2.75. The van der Waals surface area contributed by atoms with Gasteiger partial charge < -0.3 is 173 Å². The van der Waals surface area contributed by atoms with Crippen molar-refractivity contribution < 1.29 is 188 Å². The number of carbonyl (C=O) groups excluding carboxylic acids is 3. The number of aliphatic hydroxyl groups is 19. The van der Waals surface area contributed by atoms with Gasteiger partial charge in [-0.25, -0.2) is 4.79 Å². The van der Waals surface area contributed by atoms with E-state index in [2.05, 4.69) is 0 Å². The average Bonchev–Trinajstić information content (AvgIpc) is 0.665. The predicted molar refractivity (Wildman–Crippen MR) is 349 cm³/mol. The van der Waals surface area contributed by atoms with Crippen molar-refractivity contribution in [2.75, 3.05) is 26.4 Å². The maximum absolute atomic E-state index is 16.1. The zero-order valence-electron chi connectivity index (χ0n) is 60.9. The summed E-state index contributed by atoms with van der Waals surface area (Å²) in [5, 5.41) is 220. The number of rotatable bonds is 18. The second-order valence-electron chi connectivity index (χ2n) is 33.6. The second-order valence-corrected chi connectivity index (χ2v) is 33.6. The van der Waals surface area contributed by atoms with E-state index in [0.29, 0.717) is 18.3 Å². The van der Waals surface area contributed by atoms with Crippen molar-refractivity contribution in [1.29, 1.82) is 0 Å². The number of carboxylic acids is 1. The van der Waals surface area contributed by atoms with Gasteiger partial charge in [-0.3, -0.25) is 9.59 Å².